The topological polar surface area (TPSA) is 53.1 Å². The predicted molar refractivity (Wildman–Crippen MR) is 77.6 cm³/mol. The van der Waals surface area contributed by atoms with Crippen LogP contribution in [0.2, 0.25) is 0 Å². The summed E-state index contributed by atoms with van der Waals surface area (Å²) in [6.07, 6.45) is 1.59. The predicted octanol–water partition coefficient (Wildman–Crippen LogP) is 3.35. The number of aromatic nitrogens is 1. The van der Waals surface area contributed by atoms with Gasteiger partial charge in [-0.05, 0) is 41.7 Å². The van der Waals surface area contributed by atoms with Crippen LogP contribution in [0.4, 0.5) is 0 Å². The summed E-state index contributed by atoms with van der Waals surface area (Å²) in [5.74, 6) is 0.171. The van der Waals surface area contributed by atoms with E-state index >= 15 is 0 Å². The van der Waals surface area contributed by atoms with Gasteiger partial charge in [0, 0.05) is 11.8 Å². The lowest BCUT2D eigenvalue weighted by atomic mass is 9.84. The molecule has 2 aromatic rings. The summed E-state index contributed by atoms with van der Waals surface area (Å²) in [6, 6.07) is 7.35. The van der Waals surface area contributed by atoms with Crippen LogP contribution in [0.1, 0.15) is 31.9 Å². The number of aromatic hydroxyl groups is 1. The molecule has 2 rings (SSSR count). The van der Waals surface area contributed by atoms with Crippen LogP contribution in [-0.4, -0.2) is 10.1 Å². The maximum atomic E-state index is 11.9. The van der Waals surface area contributed by atoms with Crippen LogP contribution in [-0.2, 0) is 5.41 Å². The minimum absolute atomic E-state index is 0.0330. The Kier molecular flexibility index (Phi) is 3.23. The van der Waals surface area contributed by atoms with Gasteiger partial charge < -0.3 is 10.1 Å². The van der Waals surface area contributed by atoms with Gasteiger partial charge in [0.05, 0.1) is 5.56 Å². The van der Waals surface area contributed by atoms with Crippen molar-refractivity contribution in [1.82, 2.24) is 4.98 Å². The normalized spacial score (nSPS) is 11.6. The minimum Gasteiger partial charge on any atom is -0.507 e. The van der Waals surface area contributed by atoms with Crippen LogP contribution in [0, 0.1) is 6.92 Å². The lowest BCUT2D eigenvalue weighted by Crippen LogP contribution is -2.13. The summed E-state index contributed by atoms with van der Waals surface area (Å²) in [5, 5.41) is 10.2. The van der Waals surface area contributed by atoms with Gasteiger partial charge in [0.2, 0.25) is 0 Å². The molecule has 0 saturated heterocycles. The lowest BCUT2D eigenvalue weighted by molar-refractivity contribution is 0.471. The first-order valence-corrected chi connectivity index (χ1v) is 6.33. The van der Waals surface area contributed by atoms with Gasteiger partial charge in [0.15, 0.2) is 0 Å². The average molecular weight is 257 g/mol. The molecule has 0 aliphatic heterocycles. The standard InChI is InChI=1S/C16H19NO2/c1-10-8-11(16(2,3)4)9-13(14(10)18)12-6-5-7-17-15(12)19/h5-9,18H,1-4H3,(H,17,19). The van der Waals surface area contributed by atoms with E-state index in [1.807, 2.05) is 19.1 Å². The molecule has 0 fully saturated rings. The van der Waals surface area contributed by atoms with E-state index in [0.29, 0.717) is 11.1 Å². The molecule has 19 heavy (non-hydrogen) atoms. The first-order chi connectivity index (χ1) is 8.80. The highest BCUT2D eigenvalue weighted by atomic mass is 16.3. The van der Waals surface area contributed by atoms with Crippen molar-refractivity contribution in [3.05, 3.63) is 51.9 Å². The molecule has 0 atom stereocenters. The van der Waals surface area contributed by atoms with Gasteiger partial charge >= 0.3 is 0 Å². The van der Waals surface area contributed by atoms with E-state index in [1.165, 1.54) is 0 Å². The van der Waals surface area contributed by atoms with Crippen molar-refractivity contribution in [2.75, 3.05) is 0 Å². The van der Waals surface area contributed by atoms with Gasteiger partial charge in [0.25, 0.3) is 5.56 Å². The largest absolute Gasteiger partial charge is 0.507 e. The monoisotopic (exact) mass is 257 g/mol. The maximum absolute atomic E-state index is 11.9. The second kappa shape index (κ2) is 4.57. The molecule has 1 aromatic heterocycles. The summed E-state index contributed by atoms with van der Waals surface area (Å²) in [5.41, 5.74) is 2.74. The molecule has 0 unspecified atom stereocenters. The molecule has 0 radical (unpaired) electrons. The second-order valence-corrected chi connectivity index (χ2v) is 5.85. The fourth-order valence-electron chi connectivity index (χ4n) is 2.05. The molecule has 0 aliphatic carbocycles. The zero-order valence-corrected chi connectivity index (χ0v) is 11.7. The van der Waals surface area contributed by atoms with Crippen molar-refractivity contribution < 1.29 is 5.11 Å². The van der Waals surface area contributed by atoms with Crippen molar-refractivity contribution >= 4 is 0 Å². The number of phenolic OH excluding ortho intramolecular Hbond substituents is 1. The van der Waals surface area contributed by atoms with Gasteiger partial charge in [-0.2, -0.15) is 0 Å². The highest BCUT2D eigenvalue weighted by Crippen LogP contribution is 2.35. The smallest absolute Gasteiger partial charge is 0.255 e. The van der Waals surface area contributed by atoms with Gasteiger partial charge in [-0.3, -0.25) is 4.79 Å². The Morgan fingerprint density at radius 1 is 1.16 bits per heavy atom. The molecule has 3 heteroatoms. The van der Waals surface area contributed by atoms with Gasteiger partial charge in [-0.1, -0.05) is 26.8 Å². The maximum Gasteiger partial charge on any atom is 0.255 e. The van der Waals surface area contributed by atoms with Crippen LogP contribution in [0.25, 0.3) is 11.1 Å². The molecular formula is C16H19NO2. The van der Waals surface area contributed by atoms with Crippen molar-refractivity contribution in [2.45, 2.75) is 33.1 Å². The number of hydrogen-bond acceptors (Lipinski definition) is 2. The zero-order valence-electron chi connectivity index (χ0n) is 11.7. The van der Waals surface area contributed by atoms with Crippen LogP contribution in [0.5, 0.6) is 5.75 Å². The molecule has 0 saturated carbocycles. The van der Waals surface area contributed by atoms with Crippen molar-refractivity contribution in [3.63, 3.8) is 0 Å². The second-order valence-electron chi connectivity index (χ2n) is 5.85. The number of H-pyrrole nitrogens is 1. The Morgan fingerprint density at radius 3 is 2.42 bits per heavy atom. The highest BCUT2D eigenvalue weighted by Gasteiger charge is 2.19. The Balaban J connectivity index is 2.74. The van der Waals surface area contributed by atoms with E-state index in [-0.39, 0.29) is 16.7 Å². The van der Waals surface area contributed by atoms with Gasteiger partial charge in [-0.15, -0.1) is 0 Å². The molecule has 0 bridgehead atoms. The minimum atomic E-state index is -0.191. The fourth-order valence-corrected chi connectivity index (χ4v) is 2.05. The van der Waals surface area contributed by atoms with Crippen molar-refractivity contribution in [1.29, 1.82) is 0 Å². The van der Waals surface area contributed by atoms with E-state index in [1.54, 1.807) is 18.3 Å². The molecule has 2 N–H and O–H groups in total. The summed E-state index contributed by atoms with van der Waals surface area (Å²) in [7, 11) is 0. The number of rotatable bonds is 1. The molecule has 0 amide bonds. The molecule has 3 nitrogen and oxygen atoms in total. The SMILES string of the molecule is Cc1cc(C(C)(C)C)cc(-c2ccc[nH]c2=O)c1O. The lowest BCUT2D eigenvalue weighted by Gasteiger charge is -2.21. The van der Waals surface area contributed by atoms with E-state index in [2.05, 4.69) is 25.8 Å². The number of aromatic amines is 1. The number of phenols is 1. The van der Waals surface area contributed by atoms with Crippen molar-refractivity contribution in [2.24, 2.45) is 0 Å². The number of aryl methyl sites for hydroxylation is 1. The number of hydrogen-bond donors (Lipinski definition) is 2. The average Bonchev–Trinajstić information content (AvgIpc) is 2.32. The quantitative estimate of drug-likeness (QED) is 0.823. The third kappa shape index (κ3) is 2.55. The fraction of sp³-hybridized carbons (Fsp3) is 0.312. The zero-order chi connectivity index (χ0) is 14.2. The summed E-state index contributed by atoms with van der Waals surface area (Å²) >= 11 is 0. The van der Waals surface area contributed by atoms with E-state index in [9.17, 15) is 9.90 Å². The third-order valence-electron chi connectivity index (χ3n) is 3.27. The van der Waals surface area contributed by atoms with Crippen LogP contribution < -0.4 is 5.56 Å². The molecule has 0 aliphatic rings. The first kappa shape index (κ1) is 13.4. The van der Waals surface area contributed by atoms with E-state index in [4.69, 9.17) is 0 Å². The van der Waals surface area contributed by atoms with Crippen LogP contribution in [0.3, 0.4) is 0 Å². The molecule has 0 spiro atoms. The number of pyridine rings is 1. The van der Waals surface area contributed by atoms with Gasteiger partial charge in [0.1, 0.15) is 5.75 Å². The van der Waals surface area contributed by atoms with Gasteiger partial charge in [-0.25, -0.2) is 0 Å². The van der Waals surface area contributed by atoms with E-state index in [0.717, 1.165) is 11.1 Å². The van der Waals surface area contributed by atoms with E-state index < -0.39 is 0 Å². The van der Waals surface area contributed by atoms with Crippen LogP contribution >= 0.6 is 0 Å². The summed E-state index contributed by atoms with van der Waals surface area (Å²) < 4.78 is 0. The molecule has 100 valence electrons. The Bertz CT molecular complexity index is 663. The summed E-state index contributed by atoms with van der Waals surface area (Å²) in [4.78, 5) is 14.5. The molecular weight excluding hydrogens is 238 g/mol. The summed E-state index contributed by atoms with van der Waals surface area (Å²) in [6.45, 7) is 8.18. The Labute approximate surface area is 112 Å². The highest BCUT2D eigenvalue weighted by molar-refractivity contribution is 5.72. The number of nitrogens with one attached hydrogen (secondary N) is 1. The number of benzene rings is 1. The Hall–Kier alpha value is -2.03. The molecule has 1 aromatic carbocycles. The third-order valence-corrected chi connectivity index (χ3v) is 3.27. The first-order valence-electron chi connectivity index (χ1n) is 6.33. The van der Waals surface area contributed by atoms with Crippen LogP contribution in [0.15, 0.2) is 35.3 Å². The van der Waals surface area contributed by atoms with Crippen molar-refractivity contribution in [3.8, 4) is 16.9 Å². The molecule has 1 heterocycles. The Morgan fingerprint density at radius 2 is 1.84 bits per heavy atom.